The zero-order valence-corrected chi connectivity index (χ0v) is 24.6. The van der Waals surface area contributed by atoms with Gasteiger partial charge in [-0.25, -0.2) is 0 Å². The monoisotopic (exact) mass is 529 g/mol. The molecule has 37 heavy (non-hydrogen) atoms. The molecule has 0 bridgehead atoms. The number of aliphatic carboxylic acids is 1. The maximum absolute atomic E-state index is 10.9. The maximum Gasteiger partial charge on any atom is 0.102 e. The highest BCUT2D eigenvalue weighted by molar-refractivity contribution is 5.64. The number of rotatable bonds is 29. The van der Waals surface area contributed by atoms with E-state index in [1.165, 1.54) is 77.0 Å². The summed E-state index contributed by atoms with van der Waals surface area (Å²) < 4.78 is 0.645. The Bertz CT molecular complexity index is 474. The van der Waals surface area contributed by atoms with Crippen molar-refractivity contribution in [3.8, 4) is 0 Å². The van der Waals surface area contributed by atoms with Gasteiger partial charge >= 0.3 is 0 Å². The maximum atomic E-state index is 10.9. The minimum Gasteiger partial charge on any atom is -0.550 e. The lowest BCUT2D eigenvalue weighted by Crippen LogP contribution is -2.53. The number of carbonyl (C=O) groups excluding carboxylic acids is 1. The molecule has 0 aliphatic heterocycles. The lowest BCUT2D eigenvalue weighted by Gasteiger charge is -2.40. The molecule has 0 aliphatic rings. The van der Waals surface area contributed by atoms with E-state index in [1.807, 2.05) is 0 Å². The van der Waals surface area contributed by atoms with Crippen LogP contribution in [0.25, 0.3) is 0 Å². The molecule has 0 aliphatic carbocycles. The van der Waals surface area contributed by atoms with Gasteiger partial charge in [0.15, 0.2) is 0 Å². The molecule has 0 aromatic carbocycles. The Balaban J connectivity index is 4.63. The summed E-state index contributed by atoms with van der Waals surface area (Å²) in [6.45, 7) is 7.38. The van der Waals surface area contributed by atoms with E-state index in [2.05, 4.69) is 13.8 Å². The van der Waals surface area contributed by atoms with Crippen LogP contribution < -0.4 is 5.11 Å². The van der Waals surface area contributed by atoms with Crippen molar-refractivity contribution in [1.29, 1.82) is 0 Å². The molecule has 0 rings (SSSR count). The van der Waals surface area contributed by atoms with Crippen molar-refractivity contribution in [3.63, 3.8) is 0 Å². The zero-order chi connectivity index (χ0) is 27.6. The first kappa shape index (κ1) is 36.3. The van der Waals surface area contributed by atoms with Gasteiger partial charge in [0.1, 0.15) is 6.54 Å². The fraction of sp³-hybridized carbons (Fsp3) is 0.968. The first-order chi connectivity index (χ1) is 17.9. The summed E-state index contributed by atoms with van der Waals surface area (Å²) in [4.78, 5) is 10.9. The van der Waals surface area contributed by atoms with Gasteiger partial charge in [-0.1, -0.05) is 104 Å². The summed E-state index contributed by atoms with van der Waals surface area (Å²) in [5.41, 5.74) is 0. The van der Waals surface area contributed by atoms with E-state index >= 15 is 0 Å². The smallest absolute Gasteiger partial charge is 0.102 e. The quantitative estimate of drug-likeness (QED) is 0.0877. The van der Waals surface area contributed by atoms with Gasteiger partial charge in [0.2, 0.25) is 0 Å². The Morgan fingerprint density at radius 1 is 0.595 bits per heavy atom. The number of hydrogen-bond acceptors (Lipinski definition) is 5. The van der Waals surface area contributed by atoms with Crippen LogP contribution >= 0.6 is 0 Å². The van der Waals surface area contributed by atoms with Crippen molar-refractivity contribution in [1.82, 2.24) is 0 Å². The normalized spacial score (nSPS) is 14.9. The molecule has 0 amide bonds. The Morgan fingerprint density at radius 3 is 1.43 bits per heavy atom. The van der Waals surface area contributed by atoms with E-state index in [0.29, 0.717) is 30.3 Å². The highest BCUT2D eigenvalue weighted by Crippen LogP contribution is 2.19. The molecule has 2 unspecified atom stereocenters. The van der Waals surface area contributed by atoms with Crippen LogP contribution in [0.5, 0.6) is 0 Å². The summed E-state index contributed by atoms with van der Waals surface area (Å²) in [7, 11) is 0. The molecular weight excluding hydrogens is 466 g/mol. The summed E-state index contributed by atoms with van der Waals surface area (Å²) >= 11 is 0. The average Bonchev–Trinajstić information content (AvgIpc) is 2.87. The number of nitrogens with zero attached hydrogens (tertiary/aromatic N) is 1. The molecule has 0 aromatic heterocycles. The fourth-order valence-corrected chi connectivity index (χ4v) is 5.41. The number of unbranched alkanes of at least 4 members (excludes halogenated alkanes) is 13. The third-order valence-electron chi connectivity index (χ3n) is 7.99. The molecule has 2 atom stereocenters. The second kappa shape index (κ2) is 25.6. The standard InChI is InChI=1S/C31H63NO5/c1-3-5-7-9-11-13-15-19-29(34)22-25-32(27-28-33,24-18-17-21-31(36)37)26-23-30(35)20-16-14-12-10-8-6-4-2/h29-30,33-35H,3-28H2,1-2H3. The van der Waals surface area contributed by atoms with Crippen molar-refractivity contribution in [2.75, 3.05) is 32.8 Å². The molecule has 222 valence electrons. The highest BCUT2D eigenvalue weighted by atomic mass is 16.4. The Morgan fingerprint density at radius 2 is 1.03 bits per heavy atom. The Kier molecular flexibility index (Phi) is 25.1. The first-order valence-corrected chi connectivity index (χ1v) is 15.9. The molecule has 0 spiro atoms. The summed E-state index contributed by atoms with van der Waals surface area (Å²) in [6, 6.07) is 0. The molecule has 6 nitrogen and oxygen atoms in total. The fourth-order valence-electron chi connectivity index (χ4n) is 5.41. The Labute approximate surface area is 229 Å². The number of carboxylic acid groups (broad SMARTS) is 1. The van der Waals surface area contributed by atoms with E-state index < -0.39 is 5.97 Å². The lowest BCUT2D eigenvalue weighted by atomic mass is 10.0. The van der Waals surface area contributed by atoms with E-state index in [-0.39, 0.29) is 25.2 Å². The van der Waals surface area contributed by atoms with Crippen molar-refractivity contribution < 1.29 is 29.7 Å². The first-order valence-electron chi connectivity index (χ1n) is 15.9. The molecule has 0 fully saturated rings. The third kappa shape index (κ3) is 23.0. The molecule has 0 radical (unpaired) electrons. The number of aliphatic hydroxyl groups is 3. The second-order valence-corrected chi connectivity index (χ2v) is 11.5. The van der Waals surface area contributed by atoms with Crippen molar-refractivity contribution in [2.24, 2.45) is 0 Å². The zero-order valence-electron chi connectivity index (χ0n) is 24.6. The van der Waals surface area contributed by atoms with Gasteiger partial charge in [0, 0.05) is 18.8 Å². The van der Waals surface area contributed by atoms with E-state index in [1.54, 1.807) is 0 Å². The number of quaternary nitrogens is 1. The van der Waals surface area contributed by atoms with Crippen LogP contribution in [-0.4, -0.2) is 70.8 Å². The van der Waals surface area contributed by atoms with Gasteiger partial charge in [-0.15, -0.1) is 0 Å². The van der Waals surface area contributed by atoms with Crippen LogP contribution in [0, 0.1) is 0 Å². The lowest BCUT2D eigenvalue weighted by molar-refractivity contribution is -0.929. The molecule has 3 N–H and O–H groups in total. The molecule has 0 aromatic rings. The van der Waals surface area contributed by atoms with Gasteiger partial charge in [-0.2, -0.15) is 0 Å². The summed E-state index contributed by atoms with van der Waals surface area (Å²) in [5, 5.41) is 42.0. The Hall–Kier alpha value is -0.690. The minimum atomic E-state index is -1.02. The summed E-state index contributed by atoms with van der Waals surface area (Å²) in [6.07, 6.45) is 21.0. The van der Waals surface area contributed by atoms with Crippen molar-refractivity contribution >= 4 is 5.97 Å². The highest BCUT2D eigenvalue weighted by Gasteiger charge is 2.28. The molecule has 0 heterocycles. The third-order valence-corrected chi connectivity index (χ3v) is 7.99. The van der Waals surface area contributed by atoms with Crippen molar-refractivity contribution in [2.45, 2.75) is 161 Å². The predicted molar refractivity (Wildman–Crippen MR) is 152 cm³/mol. The van der Waals surface area contributed by atoms with E-state index in [9.17, 15) is 25.2 Å². The van der Waals surface area contributed by atoms with Gasteiger partial charge in [-0.05, 0) is 32.1 Å². The van der Waals surface area contributed by atoms with Gasteiger partial charge in [0.05, 0.1) is 38.4 Å². The predicted octanol–water partition coefficient (Wildman–Crippen LogP) is 5.50. The largest absolute Gasteiger partial charge is 0.550 e. The van der Waals surface area contributed by atoms with Gasteiger partial charge < -0.3 is 29.7 Å². The molecular formula is C31H63NO5. The number of carboxylic acids is 1. The topological polar surface area (TPSA) is 101 Å². The molecule has 6 heteroatoms. The van der Waals surface area contributed by atoms with Crippen LogP contribution in [0.3, 0.4) is 0 Å². The van der Waals surface area contributed by atoms with E-state index in [0.717, 1.165) is 51.7 Å². The van der Waals surface area contributed by atoms with Gasteiger partial charge in [0.25, 0.3) is 0 Å². The second-order valence-electron chi connectivity index (χ2n) is 11.5. The number of carbonyl (C=O) groups is 1. The average molecular weight is 530 g/mol. The number of aliphatic hydroxyl groups excluding tert-OH is 3. The number of hydrogen-bond donors (Lipinski definition) is 3. The van der Waals surface area contributed by atoms with Crippen LogP contribution in [-0.2, 0) is 4.79 Å². The summed E-state index contributed by atoms with van der Waals surface area (Å²) in [5.74, 6) is -1.02. The SMILES string of the molecule is CCCCCCCCCC(O)CC[N+](CCO)(CCCCC(=O)[O-])CCC(O)CCCCCCCCC. The molecule has 0 saturated heterocycles. The minimum absolute atomic E-state index is 0.0564. The van der Waals surface area contributed by atoms with E-state index in [4.69, 9.17) is 0 Å². The molecule has 0 saturated carbocycles. The van der Waals surface area contributed by atoms with Crippen LogP contribution in [0.1, 0.15) is 149 Å². The van der Waals surface area contributed by atoms with Gasteiger partial charge in [-0.3, -0.25) is 0 Å². The van der Waals surface area contributed by atoms with Crippen LogP contribution in [0.15, 0.2) is 0 Å². The van der Waals surface area contributed by atoms with Crippen LogP contribution in [0.4, 0.5) is 0 Å². The van der Waals surface area contributed by atoms with Crippen LogP contribution in [0.2, 0.25) is 0 Å². The van der Waals surface area contributed by atoms with Crippen molar-refractivity contribution in [3.05, 3.63) is 0 Å².